The standard InChI is InChI=1S/C17H15F2N3O3S/c1-22(26(23,24)15-8-6-14(19)7-9-15)11-10-16-20-17(25-21-16)12-2-4-13(18)5-3-12/h2-9H,10-11H2,1H3. The molecule has 1 heterocycles. The van der Waals surface area contributed by atoms with Crippen LogP contribution in [0.3, 0.4) is 0 Å². The summed E-state index contributed by atoms with van der Waals surface area (Å²) in [4.78, 5) is 4.18. The van der Waals surface area contributed by atoms with E-state index in [9.17, 15) is 17.2 Å². The van der Waals surface area contributed by atoms with Crippen LogP contribution in [0.1, 0.15) is 5.82 Å². The fourth-order valence-corrected chi connectivity index (χ4v) is 3.40. The molecular weight excluding hydrogens is 364 g/mol. The zero-order valence-electron chi connectivity index (χ0n) is 13.8. The Morgan fingerprint density at radius 1 is 1.00 bits per heavy atom. The van der Waals surface area contributed by atoms with Gasteiger partial charge in [0.2, 0.25) is 10.0 Å². The van der Waals surface area contributed by atoms with E-state index in [1.807, 2.05) is 0 Å². The third kappa shape index (κ3) is 3.94. The lowest BCUT2D eigenvalue weighted by atomic mass is 10.2. The second kappa shape index (κ2) is 7.30. The Hall–Kier alpha value is -2.65. The maximum atomic E-state index is 13.0. The number of nitrogens with zero attached hydrogens (tertiary/aromatic N) is 3. The molecule has 0 saturated heterocycles. The first kappa shape index (κ1) is 18.2. The van der Waals surface area contributed by atoms with Crippen LogP contribution in [0.25, 0.3) is 11.5 Å². The molecule has 136 valence electrons. The molecule has 0 saturated carbocycles. The summed E-state index contributed by atoms with van der Waals surface area (Å²) in [6.45, 7) is 0.113. The van der Waals surface area contributed by atoms with Gasteiger partial charge in [-0.15, -0.1) is 0 Å². The van der Waals surface area contributed by atoms with E-state index in [0.29, 0.717) is 11.4 Å². The highest BCUT2D eigenvalue weighted by atomic mass is 32.2. The molecule has 0 radical (unpaired) electrons. The molecule has 26 heavy (non-hydrogen) atoms. The summed E-state index contributed by atoms with van der Waals surface area (Å²) in [6.07, 6.45) is 0.224. The van der Waals surface area contributed by atoms with Crippen LogP contribution in [-0.4, -0.2) is 36.5 Å². The highest BCUT2D eigenvalue weighted by Crippen LogP contribution is 2.18. The van der Waals surface area contributed by atoms with E-state index in [1.54, 1.807) is 0 Å². The van der Waals surface area contributed by atoms with Gasteiger partial charge >= 0.3 is 0 Å². The lowest BCUT2D eigenvalue weighted by molar-refractivity contribution is 0.415. The molecule has 0 bridgehead atoms. The number of aromatic nitrogens is 2. The average molecular weight is 379 g/mol. The Kier molecular flexibility index (Phi) is 5.10. The second-order valence-corrected chi connectivity index (χ2v) is 7.60. The van der Waals surface area contributed by atoms with Crippen molar-refractivity contribution in [2.24, 2.45) is 0 Å². The van der Waals surface area contributed by atoms with Gasteiger partial charge in [0, 0.05) is 25.6 Å². The van der Waals surface area contributed by atoms with Crippen molar-refractivity contribution < 1.29 is 21.7 Å². The predicted molar refractivity (Wildman–Crippen MR) is 89.6 cm³/mol. The third-order valence-corrected chi connectivity index (χ3v) is 5.60. The predicted octanol–water partition coefficient (Wildman–Crippen LogP) is 2.88. The number of likely N-dealkylation sites (N-methyl/N-ethyl adjacent to an activating group) is 1. The van der Waals surface area contributed by atoms with E-state index in [0.717, 1.165) is 16.4 Å². The van der Waals surface area contributed by atoms with E-state index >= 15 is 0 Å². The first-order valence-electron chi connectivity index (χ1n) is 7.67. The van der Waals surface area contributed by atoms with Crippen LogP contribution in [-0.2, 0) is 16.4 Å². The summed E-state index contributed by atoms with van der Waals surface area (Å²) in [5, 5.41) is 3.80. The van der Waals surface area contributed by atoms with Gasteiger partial charge in [-0.2, -0.15) is 4.98 Å². The summed E-state index contributed by atoms with van der Waals surface area (Å²) in [5.41, 5.74) is 0.567. The molecule has 0 fully saturated rings. The number of halogens is 2. The molecule has 0 spiro atoms. The van der Waals surface area contributed by atoms with Crippen molar-refractivity contribution in [1.29, 1.82) is 0 Å². The lowest BCUT2D eigenvalue weighted by Crippen LogP contribution is -2.29. The normalized spacial score (nSPS) is 11.8. The summed E-state index contributed by atoms with van der Waals surface area (Å²) in [7, 11) is -2.32. The van der Waals surface area contributed by atoms with Gasteiger partial charge < -0.3 is 4.52 Å². The number of hydrogen-bond acceptors (Lipinski definition) is 5. The first-order chi connectivity index (χ1) is 12.4. The fourth-order valence-electron chi connectivity index (χ4n) is 2.23. The summed E-state index contributed by atoms with van der Waals surface area (Å²) >= 11 is 0. The monoisotopic (exact) mass is 379 g/mol. The molecule has 2 aromatic carbocycles. The highest BCUT2D eigenvalue weighted by molar-refractivity contribution is 7.89. The van der Waals surface area contributed by atoms with E-state index in [2.05, 4.69) is 10.1 Å². The molecule has 0 aliphatic carbocycles. The molecule has 6 nitrogen and oxygen atoms in total. The van der Waals surface area contributed by atoms with Crippen LogP contribution in [0, 0.1) is 11.6 Å². The largest absolute Gasteiger partial charge is 0.334 e. The molecule has 1 aromatic heterocycles. The van der Waals surface area contributed by atoms with Gasteiger partial charge in [-0.05, 0) is 48.5 Å². The number of sulfonamides is 1. The van der Waals surface area contributed by atoms with Crippen LogP contribution in [0.15, 0.2) is 57.9 Å². The topological polar surface area (TPSA) is 76.3 Å². The molecule has 0 aliphatic rings. The van der Waals surface area contributed by atoms with E-state index < -0.39 is 15.8 Å². The minimum Gasteiger partial charge on any atom is -0.334 e. The van der Waals surface area contributed by atoms with E-state index in [4.69, 9.17) is 4.52 Å². The minimum absolute atomic E-state index is 0.00140. The zero-order chi connectivity index (χ0) is 18.7. The van der Waals surface area contributed by atoms with E-state index in [1.165, 1.54) is 43.4 Å². The fraction of sp³-hybridized carbons (Fsp3) is 0.176. The molecule has 0 unspecified atom stereocenters. The van der Waals surface area contributed by atoms with Crippen molar-refractivity contribution in [1.82, 2.24) is 14.4 Å². The summed E-state index contributed by atoms with van der Waals surface area (Å²) < 4.78 is 57.0. The Morgan fingerprint density at radius 2 is 1.58 bits per heavy atom. The van der Waals surface area contributed by atoms with Crippen LogP contribution < -0.4 is 0 Å². The van der Waals surface area contributed by atoms with Crippen LogP contribution in [0.5, 0.6) is 0 Å². The number of hydrogen-bond donors (Lipinski definition) is 0. The van der Waals surface area contributed by atoms with Crippen molar-refractivity contribution in [2.75, 3.05) is 13.6 Å². The molecule has 9 heteroatoms. The lowest BCUT2D eigenvalue weighted by Gasteiger charge is -2.16. The van der Waals surface area contributed by atoms with Gasteiger partial charge in [0.25, 0.3) is 5.89 Å². The van der Waals surface area contributed by atoms with Crippen molar-refractivity contribution in [2.45, 2.75) is 11.3 Å². The smallest absolute Gasteiger partial charge is 0.257 e. The molecule has 0 amide bonds. The molecular formula is C17H15F2N3O3S. The maximum absolute atomic E-state index is 13.0. The number of benzene rings is 2. The Labute approximate surface area is 149 Å². The summed E-state index contributed by atoms with van der Waals surface area (Å²) in [5.74, 6) is -0.331. The van der Waals surface area contributed by atoms with Gasteiger partial charge in [0.05, 0.1) is 4.90 Å². The quantitative estimate of drug-likeness (QED) is 0.658. The van der Waals surface area contributed by atoms with Crippen molar-refractivity contribution >= 4 is 10.0 Å². The Balaban J connectivity index is 1.67. The van der Waals surface area contributed by atoms with Crippen LogP contribution in [0.2, 0.25) is 0 Å². The molecule has 3 aromatic rings. The molecule has 0 N–H and O–H groups in total. The van der Waals surface area contributed by atoms with Crippen LogP contribution in [0.4, 0.5) is 8.78 Å². The minimum atomic E-state index is -3.74. The van der Waals surface area contributed by atoms with E-state index in [-0.39, 0.29) is 29.6 Å². The highest BCUT2D eigenvalue weighted by Gasteiger charge is 2.21. The summed E-state index contributed by atoms with van der Waals surface area (Å²) in [6, 6.07) is 10.2. The van der Waals surface area contributed by atoms with Crippen molar-refractivity contribution in [3.63, 3.8) is 0 Å². The average Bonchev–Trinajstić information content (AvgIpc) is 3.09. The van der Waals surface area contributed by atoms with Crippen LogP contribution >= 0.6 is 0 Å². The Morgan fingerprint density at radius 3 is 2.19 bits per heavy atom. The van der Waals surface area contributed by atoms with Gasteiger partial charge in [-0.1, -0.05) is 5.16 Å². The van der Waals surface area contributed by atoms with Crippen molar-refractivity contribution in [3.05, 3.63) is 66.0 Å². The van der Waals surface area contributed by atoms with Crippen molar-refractivity contribution in [3.8, 4) is 11.5 Å². The van der Waals surface area contributed by atoms with Gasteiger partial charge in [0.15, 0.2) is 5.82 Å². The zero-order valence-corrected chi connectivity index (χ0v) is 14.6. The molecule has 0 atom stereocenters. The third-order valence-electron chi connectivity index (χ3n) is 3.73. The number of rotatable bonds is 6. The van der Waals surface area contributed by atoms with Gasteiger partial charge in [-0.25, -0.2) is 21.5 Å². The van der Waals surface area contributed by atoms with Gasteiger partial charge in [-0.3, -0.25) is 0 Å². The Bertz CT molecular complexity index is 987. The maximum Gasteiger partial charge on any atom is 0.257 e. The first-order valence-corrected chi connectivity index (χ1v) is 9.11. The second-order valence-electron chi connectivity index (χ2n) is 5.55. The molecule has 3 rings (SSSR count). The van der Waals surface area contributed by atoms with Gasteiger partial charge in [0.1, 0.15) is 11.6 Å². The SMILES string of the molecule is CN(CCc1noc(-c2ccc(F)cc2)n1)S(=O)(=O)c1ccc(F)cc1. The molecule has 0 aliphatic heterocycles.